The molecular formula is C84H152N6O12Pt3. The first-order valence-corrected chi connectivity index (χ1v) is 40.6. The Morgan fingerprint density at radius 1 is 0.429 bits per heavy atom. The van der Waals surface area contributed by atoms with Crippen LogP contribution in [0.1, 0.15) is 313 Å². The molecule has 0 aromatic carbocycles. The van der Waals surface area contributed by atoms with Crippen molar-refractivity contribution in [3.05, 3.63) is 81.4 Å². The van der Waals surface area contributed by atoms with Gasteiger partial charge in [0, 0.05) is 26.1 Å². The van der Waals surface area contributed by atoms with Crippen LogP contribution in [-0.4, -0.2) is 116 Å². The third-order valence-corrected chi connectivity index (χ3v) is 28.3. The fourth-order valence-electron chi connectivity index (χ4n) is 22.4. The van der Waals surface area contributed by atoms with Gasteiger partial charge in [0.25, 0.3) is 0 Å². The number of aliphatic hydroxyl groups excluding tert-OH is 2. The summed E-state index contributed by atoms with van der Waals surface area (Å²) in [6, 6.07) is -0.479. The minimum atomic E-state index is -1.10. The van der Waals surface area contributed by atoms with Gasteiger partial charge >= 0.3 is 75.1 Å². The van der Waals surface area contributed by atoms with Crippen molar-refractivity contribution in [2.24, 2.45) is 92.7 Å². The molecule has 0 spiro atoms. The number of aliphatic hydroxyl groups is 2. The fourth-order valence-corrected chi connectivity index (χ4v) is 22.4. The molecule has 0 unspecified atom stereocenters. The number of hydrogen-bond donors (Lipinski definition) is 4. The number of carbonyl (C=O) groups is 2. The van der Waals surface area contributed by atoms with Crippen LogP contribution in [0.25, 0.3) is 34.4 Å². The van der Waals surface area contributed by atoms with Crippen LogP contribution < -0.4 is 0 Å². The Balaban J connectivity index is 0.00000148. The molecule has 0 heterocycles. The van der Waals surface area contributed by atoms with Crippen LogP contribution in [0.5, 0.6) is 0 Å². The van der Waals surface area contributed by atoms with Crippen molar-refractivity contribution in [1.29, 1.82) is 0 Å². The van der Waals surface area contributed by atoms with E-state index in [1.165, 1.54) is 154 Å². The van der Waals surface area contributed by atoms with Gasteiger partial charge in [-0.3, -0.25) is 0 Å². The average Bonchev–Trinajstić information content (AvgIpc) is 1.60. The number of carboxylic acids is 2. The Labute approximate surface area is 680 Å². The van der Waals surface area contributed by atoms with Gasteiger partial charge in [-0.15, -0.1) is 0 Å². The number of aliphatic carboxylic acids is 2. The normalized spacial score (nSPS) is 36.2. The molecular weight excluding hydrogens is 1870 g/mol. The summed E-state index contributed by atoms with van der Waals surface area (Å²) in [6.45, 7) is 26.2. The van der Waals surface area contributed by atoms with Crippen LogP contribution in [0, 0.1) is 92.7 Å². The maximum atomic E-state index is 10.7. The summed E-state index contributed by atoms with van der Waals surface area (Å²) in [6.07, 6.45) is 51.5. The van der Waals surface area contributed by atoms with E-state index < -0.39 is 11.9 Å². The molecule has 18 nitrogen and oxygen atoms in total. The molecule has 0 aromatic heterocycles. The molecule has 9 saturated carbocycles. The maximum Gasteiger partial charge on any atom is 2.00 e. The zero-order valence-corrected chi connectivity index (χ0v) is 73.3. The van der Waals surface area contributed by atoms with Crippen molar-refractivity contribution in [2.45, 2.75) is 362 Å². The molecule has 18 N–H and O–H groups in total. The average molecular weight is 2020 g/mol. The minimum absolute atomic E-state index is 0. The summed E-state index contributed by atoms with van der Waals surface area (Å²) in [5, 5.41) is 36.8. The SMILES string of the molecule is CC(C)CCC[C@@H](C)[C@H]1CC[C@H]2[C@@H]3CC=C4C[C@@H](OCCC/C(O)=C/C(=O)O)CC[C@]4(C)[C@H]3CC[C@]12C.CC(C)CCC[C@@H](C)[C@H]1CC[C@H]2[C@@H]3CC=C4C[C@@H](OCCCC(O)=CC(=O)O)CC[C@]4(C)[C@H]3CC[C@]12C.O.O.O.O.[NH-][C@@H]1CCCC[C@H]1[NH-].[NH-][C@@H]1CCCC[C@H]1[NH-].[NH-][C@@H]1CCCC[C@H]1[NH-].[Pt+2].[Pt+2].[Pt+2]. The molecule has 22 atom stereocenters. The molecule has 105 heavy (non-hydrogen) atoms. The number of hydrogen-bond acceptors (Lipinski definition) is 6. The third-order valence-electron chi connectivity index (χ3n) is 28.3. The van der Waals surface area contributed by atoms with Crippen LogP contribution >= 0.6 is 0 Å². The smallest absolute Gasteiger partial charge is 0.676 e. The summed E-state index contributed by atoms with van der Waals surface area (Å²) in [5.74, 6) is 8.07. The predicted octanol–water partition coefficient (Wildman–Crippen LogP) is 21.3. The van der Waals surface area contributed by atoms with Gasteiger partial charge in [0.15, 0.2) is 0 Å². The third kappa shape index (κ3) is 29.2. The van der Waals surface area contributed by atoms with Gasteiger partial charge in [0.1, 0.15) is 0 Å². The summed E-state index contributed by atoms with van der Waals surface area (Å²) >= 11 is 0. The van der Waals surface area contributed by atoms with E-state index in [1.807, 2.05) is 0 Å². The number of carboxylic acid groups (broad SMARTS) is 2. The van der Waals surface area contributed by atoms with Crippen LogP contribution in [-0.2, 0) is 82.3 Å². The Kier molecular flexibility index (Phi) is 49.2. The van der Waals surface area contributed by atoms with Crippen molar-refractivity contribution >= 4 is 11.9 Å². The van der Waals surface area contributed by atoms with Crippen LogP contribution in [0.4, 0.5) is 0 Å². The second kappa shape index (κ2) is 49.7. The molecule has 620 valence electrons. The summed E-state index contributed by atoms with van der Waals surface area (Å²) in [7, 11) is 0. The molecule has 0 amide bonds. The van der Waals surface area contributed by atoms with E-state index in [9.17, 15) is 19.8 Å². The predicted molar refractivity (Wildman–Crippen MR) is 419 cm³/mol. The minimum Gasteiger partial charge on any atom is -0.676 e. The van der Waals surface area contributed by atoms with E-state index in [4.69, 9.17) is 54.1 Å². The summed E-state index contributed by atoms with van der Waals surface area (Å²) < 4.78 is 12.4. The second-order valence-electron chi connectivity index (χ2n) is 35.7. The Hall–Kier alpha value is -0.915. The van der Waals surface area contributed by atoms with Crippen LogP contribution in [0.3, 0.4) is 0 Å². The standard InChI is InChI=1S/2C33H54O4.3C6H12N2.4H2O.3Pt/c2*1-22(2)8-6-9-23(3)28-13-14-29-27-12-11-24-20-26(37-19-7-10-25(34)21-31(35)36)15-17-32(24,4)30(27)16-18-33(28,29)5;3*7-5-3-1-2-4-6(5)8;;;;;;;/h2*11,21-23,26-30,34H,6-10,12-20H2,1-5H3,(H,35,36);3*5-8H,1-4H2;4*1H2;;;/q;;3*-2;;;;;3*+2/b25-21-;;;;;;;;;;;/t2*23-,26+,27+,28-,29+,30+,32+,33-;3*5-,6-;;;;;;;/m11111......./s1. The van der Waals surface area contributed by atoms with Gasteiger partial charge in [0.05, 0.1) is 35.9 Å². The van der Waals surface area contributed by atoms with Crippen molar-refractivity contribution in [3.63, 3.8) is 0 Å². The maximum absolute atomic E-state index is 10.7. The second-order valence-corrected chi connectivity index (χ2v) is 35.7. The summed E-state index contributed by atoms with van der Waals surface area (Å²) in [4.78, 5) is 21.3. The molecule has 21 heteroatoms. The molecule has 11 aliphatic rings. The summed E-state index contributed by atoms with van der Waals surface area (Å²) in [5.41, 5.74) is 48.8. The number of allylic oxidation sites excluding steroid dienone is 4. The Bertz CT molecular complexity index is 2370. The Morgan fingerprint density at radius 2 is 0.733 bits per heavy atom. The molecule has 9 fully saturated rings. The van der Waals surface area contributed by atoms with Gasteiger partial charge in [-0.2, -0.15) is 36.3 Å². The molecule has 0 aliphatic heterocycles. The van der Waals surface area contributed by atoms with Crippen LogP contribution in [0.15, 0.2) is 47.0 Å². The topological polar surface area (TPSA) is 402 Å². The fraction of sp³-hybridized carbons (Fsp3) is 0.881. The first kappa shape index (κ1) is 104. The largest absolute Gasteiger partial charge is 2.00 e. The van der Waals surface area contributed by atoms with Crippen molar-refractivity contribution < 1.29 is 125 Å². The molecule has 0 aromatic rings. The quantitative estimate of drug-likeness (QED) is 0.0348. The molecule has 11 rings (SSSR count). The molecule has 0 radical (unpaired) electrons. The number of rotatable bonds is 22. The number of fused-ring (bicyclic) bond motifs is 10. The zero-order valence-electron chi connectivity index (χ0n) is 66.5. The monoisotopic (exact) mass is 2020 g/mol. The van der Waals surface area contributed by atoms with E-state index in [2.05, 4.69) is 81.4 Å². The number of nitrogens with one attached hydrogen (secondary N) is 6. The van der Waals surface area contributed by atoms with Gasteiger partial charge < -0.3 is 86.2 Å². The zero-order chi connectivity index (χ0) is 71.5. The van der Waals surface area contributed by atoms with Crippen molar-refractivity contribution in [2.75, 3.05) is 13.2 Å². The van der Waals surface area contributed by atoms with Gasteiger partial charge in [-0.05, 0) is 208 Å². The first-order chi connectivity index (χ1) is 46.5. The van der Waals surface area contributed by atoms with Crippen molar-refractivity contribution in [1.82, 2.24) is 0 Å². The molecule has 0 bridgehead atoms. The van der Waals surface area contributed by atoms with Gasteiger partial charge in [-0.25, -0.2) is 9.59 Å². The molecule has 11 aliphatic carbocycles. The first-order valence-electron chi connectivity index (χ1n) is 40.6. The van der Waals surface area contributed by atoms with Crippen molar-refractivity contribution in [3.8, 4) is 0 Å². The van der Waals surface area contributed by atoms with Gasteiger partial charge in [-0.1, -0.05) is 208 Å². The van der Waals surface area contributed by atoms with Gasteiger partial charge in [0.2, 0.25) is 0 Å². The van der Waals surface area contributed by atoms with E-state index in [1.54, 1.807) is 11.1 Å². The van der Waals surface area contributed by atoms with Crippen LogP contribution in [0.2, 0.25) is 0 Å². The Morgan fingerprint density at radius 3 is 1.01 bits per heavy atom. The van der Waals surface area contributed by atoms with E-state index >= 15 is 0 Å². The van der Waals surface area contributed by atoms with E-state index in [-0.39, 0.29) is 145 Å². The molecule has 0 saturated heterocycles. The van der Waals surface area contributed by atoms with E-state index in [0.717, 1.165) is 147 Å². The number of ether oxygens (including phenoxy) is 2. The van der Waals surface area contributed by atoms with E-state index in [0.29, 0.717) is 60.6 Å².